The average molecular weight is 324 g/mol. The summed E-state index contributed by atoms with van der Waals surface area (Å²) in [7, 11) is 1.83. The molecule has 2 fully saturated rings. The van der Waals surface area contributed by atoms with Gasteiger partial charge >= 0.3 is 0 Å². The van der Waals surface area contributed by atoms with Gasteiger partial charge in [-0.3, -0.25) is 9.59 Å². The number of hydrogen-bond donors (Lipinski definition) is 0. The summed E-state index contributed by atoms with van der Waals surface area (Å²) < 4.78 is 0. The summed E-state index contributed by atoms with van der Waals surface area (Å²) in [5.41, 5.74) is 0. The first kappa shape index (κ1) is 14.9. The SMILES string of the molecule is CN1C(=O)CCC(C(=O)N2CCSCC2)C1c1cccs1. The van der Waals surface area contributed by atoms with E-state index in [-0.39, 0.29) is 23.8 Å². The minimum absolute atomic E-state index is 0.0885. The Hall–Kier alpha value is -1.01. The molecule has 2 aliphatic heterocycles. The maximum atomic E-state index is 12.9. The zero-order valence-corrected chi connectivity index (χ0v) is 13.8. The molecule has 0 aliphatic carbocycles. The number of carbonyl (C=O) groups excluding carboxylic acids is 2. The zero-order valence-electron chi connectivity index (χ0n) is 12.2. The molecular weight excluding hydrogens is 304 g/mol. The summed E-state index contributed by atoms with van der Waals surface area (Å²) in [6.07, 6.45) is 1.16. The molecule has 3 rings (SSSR count). The molecule has 0 spiro atoms. The quantitative estimate of drug-likeness (QED) is 0.838. The second kappa shape index (κ2) is 6.40. The minimum atomic E-state index is -0.0895. The van der Waals surface area contributed by atoms with Crippen molar-refractivity contribution in [3.63, 3.8) is 0 Å². The van der Waals surface area contributed by atoms with Crippen molar-refractivity contribution in [3.8, 4) is 0 Å². The summed E-state index contributed by atoms with van der Waals surface area (Å²) in [6.45, 7) is 1.68. The highest BCUT2D eigenvalue weighted by Crippen LogP contribution is 2.39. The fourth-order valence-electron chi connectivity index (χ4n) is 3.16. The molecule has 0 radical (unpaired) electrons. The van der Waals surface area contributed by atoms with Crippen LogP contribution in [0.25, 0.3) is 0 Å². The normalized spacial score (nSPS) is 27.0. The predicted molar refractivity (Wildman–Crippen MR) is 86.5 cm³/mol. The fraction of sp³-hybridized carbons (Fsp3) is 0.600. The number of rotatable bonds is 2. The van der Waals surface area contributed by atoms with Crippen molar-refractivity contribution in [2.24, 2.45) is 5.92 Å². The number of thiophene rings is 1. The summed E-state index contributed by atoms with van der Waals surface area (Å²) in [6, 6.07) is 3.94. The van der Waals surface area contributed by atoms with E-state index in [4.69, 9.17) is 0 Å². The summed E-state index contributed by atoms with van der Waals surface area (Å²) >= 11 is 3.54. The van der Waals surface area contributed by atoms with Crippen LogP contribution < -0.4 is 0 Å². The Morgan fingerprint density at radius 1 is 1.33 bits per heavy atom. The number of amides is 2. The van der Waals surface area contributed by atoms with Crippen LogP contribution in [-0.4, -0.2) is 53.3 Å². The number of thioether (sulfide) groups is 1. The molecule has 21 heavy (non-hydrogen) atoms. The number of carbonyl (C=O) groups is 2. The smallest absolute Gasteiger partial charge is 0.228 e. The third kappa shape index (κ3) is 2.97. The number of likely N-dealkylation sites (tertiary alicyclic amines) is 1. The zero-order chi connectivity index (χ0) is 14.8. The van der Waals surface area contributed by atoms with Crippen LogP contribution in [0, 0.1) is 5.92 Å². The van der Waals surface area contributed by atoms with E-state index in [1.165, 1.54) is 0 Å². The monoisotopic (exact) mass is 324 g/mol. The molecule has 0 aromatic carbocycles. The first-order valence-electron chi connectivity index (χ1n) is 7.34. The molecule has 0 N–H and O–H groups in total. The van der Waals surface area contributed by atoms with E-state index in [1.807, 2.05) is 41.2 Å². The highest BCUT2D eigenvalue weighted by atomic mass is 32.2. The van der Waals surface area contributed by atoms with Gasteiger partial charge in [0.05, 0.1) is 12.0 Å². The first-order chi connectivity index (χ1) is 10.2. The van der Waals surface area contributed by atoms with E-state index in [9.17, 15) is 9.59 Å². The van der Waals surface area contributed by atoms with Crippen LogP contribution in [0.4, 0.5) is 0 Å². The van der Waals surface area contributed by atoms with Crippen molar-refractivity contribution < 1.29 is 9.59 Å². The van der Waals surface area contributed by atoms with E-state index in [0.29, 0.717) is 12.8 Å². The van der Waals surface area contributed by atoms with Crippen molar-refractivity contribution in [1.29, 1.82) is 0 Å². The van der Waals surface area contributed by atoms with Crippen molar-refractivity contribution in [2.45, 2.75) is 18.9 Å². The molecule has 2 saturated heterocycles. The molecule has 114 valence electrons. The molecule has 4 nitrogen and oxygen atoms in total. The van der Waals surface area contributed by atoms with Gasteiger partial charge in [0.2, 0.25) is 11.8 Å². The van der Waals surface area contributed by atoms with Crippen LogP contribution in [0.2, 0.25) is 0 Å². The second-order valence-corrected chi connectivity index (χ2v) is 7.75. The Labute approximate surface area is 133 Å². The molecule has 0 saturated carbocycles. The molecule has 1 aromatic heterocycles. The molecule has 2 unspecified atom stereocenters. The Kier molecular flexibility index (Phi) is 4.54. The third-order valence-corrected chi connectivity index (χ3v) is 6.22. The van der Waals surface area contributed by atoms with Gasteiger partial charge in [0, 0.05) is 42.9 Å². The van der Waals surface area contributed by atoms with Gasteiger partial charge in [0.25, 0.3) is 0 Å². The van der Waals surface area contributed by atoms with Crippen molar-refractivity contribution >= 4 is 34.9 Å². The van der Waals surface area contributed by atoms with Crippen LogP contribution in [0.15, 0.2) is 17.5 Å². The van der Waals surface area contributed by atoms with Gasteiger partial charge in [0.15, 0.2) is 0 Å². The van der Waals surface area contributed by atoms with Gasteiger partial charge in [-0.2, -0.15) is 11.8 Å². The number of piperidine rings is 1. The molecular formula is C15H20N2O2S2. The third-order valence-electron chi connectivity index (χ3n) is 4.34. The molecule has 2 amide bonds. The number of nitrogens with zero attached hydrogens (tertiary/aromatic N) is 2. The highest BCUT2D eigenvalue weighted by molar-refractivity contribution is 7.99. The lowest BCUT2D eigenvalue weighted by molar-refractivity contribution is -0.146. The van der Waals surface area contributed by atoms with Crippen molar-refractivity contribution in [2.75, 3.05) is 31.6 Å². The van der Waals surface area contributed by atoms with Crippen LogP contribution in [0.3, 0.4) is 0 Å². The van der Waals surface area contributed by atoms with E-state index >= 15 is 0 Å². The van der Waals surface area contributed by atoms with E-state index < -0.39 is 0 Å². The maximum Gasteiger partial charge on any atom is 0.228 e. The van der Waals surface area contributed by atoms with Gasteiger partial charge in [-0.05, 0) is 17.9 Å². The minimum Gasteiger partial charge on any atom is -0.341 e. The largest absolute Gasteiger partial charge is 0.341 e. The topological polar surface area (TPSA) is 40.6 Å². The van der Waals surface area contributed by atoms with Crippen LogP contribution >= 0.6 is 23.1 Å². The predicted octanol–water partition coefficient (Wildman–Crippen LogP) is 2.23. The lowest BCUT2D eigenvalue weighted by atomic mass is 9.86. The van der Waals surface area contributed by atoms with Crippen LogP contribution in [0.1, 0.15) is 23.8 Å². The van der Waals surface area contributed by atoms with Gasteiger partial charge in [-0.15, -0.1) is 11.3 Å². The first-order valence-corrected chi connectivity index (χ1v) is 9.37. The lowest BCUT2D eigenvalue weighted by Crippen LogP contribution is -2.49. The van der Waals surface area contributed by atoms with Crippen LogP contribution in [-0.2, 0) is 9.59 Å². The molecule has 6 heteroatoms. The highest BCUT2D eigenvalue weighted by Gasteiger charge is 2.41. The summed E-state index contributed by atoms with van der Waals surface area (Å²) in [4.78, 5) is 29.8. The van der Waals surface area contributed by atoms with Gasteiger partial charge in [-0.25, -0.2) is 0 Å². The van der Waals surface area contributed by atoms with Crippen molar-refractivity contribution in [3.05, 3.63) is 22.4 Å². The molecule has 2 atom stereocenters. The molecule has 2 aliphatic rings. The summed E-state index contributed by atoms with van der Waals surface area (Å²) in [5, 5.41) is 2.02. The van der Waals surface area contributed by atoms with Gasteiger partial charge < -0.3 is 9.80 Å². The standard InChI is InChI=1S/C15H20N2O2S2/c1-16-13(18)5-4-11(14(16)12-3-2-8-21-12)15(19)17-6-9-20-10-7-17/h2-3,8,11,14H,4-7,9-10H2,1H3. The maximum absolute atomic E-state index is 12.9. The van der Waals surface area contributed by atoms with E-state index in [0.717, 1.165) is 29.5 Å². The molecule has 3 heterocycles. The van der Waals surface area contributed by atoms with Gasteiger partial charge in [0.1, 0.15) is 0 Å². The van der Waals surface area contributed by atoms with E-state index in [2.05, 4.69) is 0 Å². The number of hydrogen-bond acceptors (Lipinski definition) is 4. The molecule has 1 aromatic rings. The lowest BCUT2D eigenvalue weighted by Gasteiger charge is -2.40. The Morgan fingerprint density at radius 3 is 2.76 bits per heavy atom. The second-order valence-electron chi connectivity index (χ2n) is 5.55. The van der Waals surface area contributed by atoms with Crippen LogP contribution in [0.5, 0.6) is 0 Å². The molecule has 0 bridgehead atoms. The fourth-order valence-corrected chi connectivity index (χ4v) is 5.00. The summed E-state index contributed by atoms with van der Waals surface area (Å²) in [5.74, 6) is 2.34. The van der Waals surface area contributed by atoms with E-state index in [1.54, 1.807) is 16.2 Å². The average Bonchev–Trinajstić information content (AvgIpc) is 3.04. The van der Waals surface area contributed by atoms with Gasteiger partial charge in [-0.1, -0.05) is 6.07 Å². The Bertz CT molecular complexity index is 512. The Balaban J connectivity index is 1.84. The van der Waals surface area contributed by atoms with Crippen molar-refractivity contribution in [1.82, 2.24) is 9.80 Å². The Morgan fingerprint density at radius 2 is 2.10 bits per heavy atom.